The molecule has 1 aromatic carbocycles. The van der Waals surface area contributed by atoms with E-state index in [9.17, 15) is 19.2 Å². The number of hydrogen-bond acceptors (Lipinski definition) is 4. The lowest BCUT2D eigenvalue weighted by Gasteiger charge is -2.40. The Hall–Kier alpha value is -2.90. The summed E-state index contributed by atoms with van der Waals surface area (Å²) >= 11 is 0. The maximum Gasteiger partial charge on any atom is 0.329 e. The number of imide groups is 1. The number of hydrogen-bond donors (Lipinski definition) is 1. The second-order valence-corrected chi connectivity index (χ2v) is 9.66. The molecule has 1 unspecified atom stereocenters. The molecule has 1 aromatic heterocycles. The van der Waals surface area contributed by atoms with Gasteiger partial charge in [0.05, 0.1) is 11.0 Å². The first kappa shape index (κ1) is 20.4. The number of aromatic nitrogens is 2. The molecule has 160 valence electrons. The Labute approximate surface area is 174 Å². The van der Waals surface area contributed by atoms with Crippen LogP contribution in [0.2, 0.25) is 0 Å². The van der Waals surface area contributed by atoms with E-state index in [2.05, 4.69) is 26.1 Å². The van der Waals surface area contributed by atoms with Crippen molar-refractivity contribution >= 4 is 28.8 Å². The first-order chi connectivity index (χ1) is 14.0. The normalized spacial score (nSPS) is 20.4. The fourth-order valence-corrected chi connectivity index (χ4v) is 4.32. The zero-order valence-corrected chi connectivity index (χ0v) is 17.9. The summed E-state index contributed by atoms with van der Waals surface area (Å²) in [4.78, 5) is 50.9. The standard InChI is InChI=1S/C22H28N4O4/c1-22(2,3)10-19(28)25-11-14(12-25)13-5-6-15-17(9-13)24(4)21(30)26(15)16-7-8-18(27)23-20(16)29/h5-6,9,14,16H,7-8,10-12H2,1-4H3,(H,23,27,29). The van der Waals surface area contributed by atoms with Crippen LogP contribution in [0.1, 0.15) is 57.6 Å². The van der Waals surface area contributed by atoms with Crippen LogP contribution in [0.3, 0.4) is 0 Å². The SMILES string of the molecule is Cn1c(=O)n(C2CCC(=O)NC2=O)c2ccc(C3CN(C(=O)CC(C)(C)C)C3)cc21. The Morgan fingerprint density at radius 1 is 1.13 bits per heavy atom. The molecule has 0 radical (unpaired) electrons. The molecule has 3 amide bonds. The minimum atomic E-state index is -0.682. The van der Waals surface area contributed by atoms with E-state index in [0.717, 1.165) is 11.1 Å². The van der Waals surface area contributed by atoms with Crippen molar-refractivity contribution in [2.45, 2.75) is 52.0 Å². The summed E-state index contributed by atoms with van der Waals surface area (Å²) in [5.74, 6) is -0.317. The van der Waals surface area contributed by atoms with Gasteiger partial charge in [-0.05, 0) is 29.5 Å². The van der Waals surface area contributed by atoms with E-state index in [4.69, 9.17) is 0 Å². The van der Waals surface area contributed by atoms with Crippen LogP contribution in [-0.4, -0.2) is 44.8 Å². The van der Waals surface area contributed by atoms with E-state index in [-0.39, 0.29) is 35.3 Å². The van der Waals surface area contributed by atoms with Crippen molar-refractivity contribution in [1.29, 1.82) is 0 Å². The molecule has 8 heteroatoms. The van der Waals surface area contributed by atoms with Gasteiger partial charge in [-0.3, -0.25) is 28.8 Å². The van der Waals surface area contributed by atoms with Gasteiger partial charge in [-0.25, -0.2) is 4.79 Å². The van der Waals surface area contributed by atoms with Gasteiger partial charge in [0, 0.05) is 38.9 Å². The van der Waals surface area contributed by atoms with Crippen LogP contribution < -0.4 is 11.0 Å². The lowest BCUT2D eigenvalue weighted by Crippen LogP contribution is -2.49. The Morgan fingerprint density at radius 2 is 1.83 bits per heavy atom. The highest BCUT2D eigenvalue weighted by atomic mass is 16.2. The topological polar surface area (TPSA) is 93.4 Å². The predicted molar refractivity (Wildman–Crippen MR) is 112 cm³/mol. The van der Waals surface area contributed by atoms with Gasteiger partial charge in [-0.2, -0.15) is 0 Å². The lowest BCUT2D eigenvalue weighted by molar-refractivity contribution is -0.138. The average Bonchev–Trinajstić information content (AvgIpc) is 2.84. The fraction of sp³-hybridized carbons (Fsp3) is 0.545. The number of fused-ring (bicyclic) bond motifs is 1. The van der Waals surface area contributed by atoms with E-state index in [1.165, 1.54) is 4.57 Å². The third-order valence-corrected chi connectivity index (χ3v) is 6.02. The molecule has 2 aromatic rings. The van der Waals surface area contributed by atoms with E-state index in [0.29, 0.717) is 31.4 Å². The zero-order chi connectivity index (χ0) is 21.8. The summed E-state index contributed by atoms with van der Waals surface area (Å²) in [7, 11) is 1.69. The number of nitrogens with zero attached hydrogens (tertiary/aromatic N) is 3. The largest absolute Gasteiger partial charge is 0.341 e. The van der Waals surface area contributed by atoms with E-state index < -0.39 is 11.9 Å². The molecule has 2 saturated heterocycles. The summed E-state index contributed by atoms with van der Waals surface area (Å²) in [5.41, 5.74) is 2.21. The van der Waals surface area contributed by atoms with Gasteiger partial charge in [0.25, 0.3) is 0 Å². The number of likely N-dealkylation sites (tertiary alicyclic amines) is 1. The van der Waals surface area contributed by atoms with Crippen molar-refractivity contribution in [3.63, 3.8) is 0 Å². The molecule has 2 aliphatic rings. The second-order valence-electron chi connectivity index (χ2n) is 9.66. The van der Waals surface area contributed by atoms with Crippen LogP contribution in [-0.2, 0) is 21.4 Å². The Kier molecular flexibility index (Phi) is 4.83. The van der Waals surface area contributed by atoms with Crippen LogP contribution in [0, 0.1) is 5.41 Å². The Bertz CT molecular complexity index is 1100. The maximum atomic E-state index is 12.9. The number of carbonyl (C=O) groups excluding carboxylic acids is 3. The number of piperidine rings is 1. The highest BCUT2D eigenvalue weighted by Gasteiger charge is 2.34. The summed E-state index contributed by atoms with van der Waals surface area (Å²) < 4.78 is 3.03. The molecule has 0 bridgehead atoms. The van der Waals surface area contributed by atoms with Crippen molar-refractivity contribution in [3.05, 3.63) is 34.2 Å². The van der Waals surface area contributed by atoms with Crippen molar-refractivity contribution in [3.8, 4) is 0 Å². The molecule has 4 rings (SSSR count). The monoisotopic (exact) mass is 412 g/mol. The number of nitrogens with one attached hydrogen (secondary N) is 1. The summed E-state index contributed by atoms with van der Waals surface area (Å²) in [6.45, 7) is 7.54. The maximum absolute atomic E-state index is 12.9. The molecule has 30 heavy (non-hydrogen) atoms. The molecule has 8 nitrogen and oxygen atoms in total. The highest BCUT2D eigenvalue weighted by molar-refractivity contribution is 6.00. The Morgan fingerprint density at radius 3 is 2.47 bits per heavy atom. The van der Waals surface area contributed by atoms with Crippen molar-refractivity contribution in [1.82, 2.24) is 19.4 Å². The highest BCUT2D eigenvalue weighted by Crippen LogP contribution is 2.32. The summed E-state index contributed by atoms with van der Waals surface area (Å²) in [6.07, 6.45) is 1.07. The first-order valence-electron chi connectivity index (χ1n) is 10.4. The third kappa shape index (κ3) is 3.55. The Balaban J connectivity index is 1.57. The minimum Gasteiger partial charge on any atom is -0.341 e. The van der Waals surface area contributed by atoms with Crippen LogP contribution >= 0.6 is 0 Å². The number of carbonyl (C=O) groups is 3. The van der Waals surface area contributed by atoms with Crippen LogP contribution in [0.4, 0.5) is 0 Å². The lowest BCUT2D eigenvalue weighted by atomic mass is 9.87. The van der Waals surface area contributed by atoms with Gasteiger partial charge < -0.3 is 4.90 Å². The molecule has 2 fully saturated rings. The average molecular weight is 412 g/mol. The van der Waals surface area contributed by atoms with Crippen LogP contribution in [0.15, 0.2) is 23.0 Å². The van der Waals surface area contributed by atoms with E-state index >= 15 is 0 Å². The van der Waals surface area contributed by atoms with Crippen molar-refractivity contribution < 1.29 is 14.4 Å². The quantitative estimate of drug-likeness (QED) is 0.777. The van der Waals surface area contributed by atoms with Gasteiger partial charge in [-0.1, -0.05) is 26.8 Å². The molecular formula is C22H28N4O4. The number of amides is 3. The molecule has 0 saturated carbocycles. The molecular weight excluding hydrogens is 384 g/mol. The molecule has 1 atom stereocenters. The van der Waals surface area contributed by atoms with E-state index in [1.54, 1.807) is 11.6 Å². The molecule has 0 spiro atoms. The smallest absolute Gasteiger partial charge is 0.329 e. The first-order valence-corrected chi connectivity index (χ1v) is 10.4. The van der Waals surface area contributed by atoms with Gasteiger partial charge in [-0.15, -0.1) is 0 Å². The van der Waals surface area contributed by atoms with Gasteiger partial charge in [0.15, 0.2) is 0 Å². The third-order valence-electron chi connectivity index (χ3n) is 6.02. The molecule has 1 N–H and O–H groups in total. The summed E-state index contributed by atoms with van der Waals surface area (Å²) in [5, 5.41) is 2.32. The fourth-order valence-electron chi connectivity index (χ4n) is 4.32. The number of benzene rings is 1. The predicted octanol–water partition coefficient (Wildman–Crippen LogP) is 1.68. The van der Waals surface area contributed by atoms with Crippen LogP contribution in [0.5, 0.6) is 0 Å². The second kappa shape index (κ2) is 7.11. The minimum absolute atomic E-state index is 0.0295. The van der Waals surface area contributed by atoms with Gasteiger partial charge in [0.1, 0.15) is 6.04 Å². The van der Waals surface area contributed by atoms with Crippen LogP contribution in [0.25, 0.3) is 11.0 Å². The van der Waals surface area contributed by atoms with Gasteiger partial charge in [0.2, 0.25) is 17.7 Å². The van der Waals surface area contributed by atoms with Gasteiger partial charge >= 0.3 is 5.69 Å². The molecule has 0 aliphatic carbocycles. The number of rotatable bonds is 3. The molecule has 3 heterocycles. The number of imidazole rings is 1. The van der Waals surface area contributed by atoms with Crippen molar-refractivity contribution in [2.24, 2.45) is 12.5 Å². The van der Waals surface area contributed by atoms with Crippen molar-refractivity contribution in [2.75, 3.05) is 13.1 Å². The molecule has 2 aliphatic heterocycles. The summed E-state index contributed by atoms with van der Waals surface area (Å²) in [6, 6.07) is 5.14. The van der Waals surface area contributed by atoms with E-state index in [1.807, 2.05) is 23.1 Å². The number of aryl methyl sites for hydroxylation is 1. The zero-order valence-electron chi connectivity index (χ0n) is 17.9.